The quantitative estimate of drug-likeness (QED) is 0.259. The number of fused-ring (bicyclic) bond motifs is 1. The number of rotatable bonds is 11. The molecule has 0 saturated carbocycles. The Bertz CT molecular complexity index is 1130. The van der Waals surface area contributed by atoms with E-state index in [1.165, 1.54) is 21.6 Å². The summed E-state index contributed by atoms with van der Waals surface area (Å²) in [7, 11) is 0. The van der Waals surface area contributed by atoms with E-state index in [0.29, 0.717) is 11.9 Å². The van der Waals surface area contributed by atoms with Crippen LogP contribution in [0.25, 0.3) is 0 Å². The molecule has 0 aliphatic carbocycles. The topological polar surface area (TPSA) is 70.1 Å². The number of anilines is 2. The number of aryl methyl sites for hydroxylation is 1. The summed E-state index contributed by atoms with van der Waals surface area (Å²) in [6.07, 6.45) is 7.87. The van der Waals surface area contributed by atoms with E-state index in [9.17, 15) is 0 Å². The lowest BCUT2D eigenvalue weighted by Gasteiger charge is -2.15. The van der Waals surface area contributed by atoms with Crippen LogP contribution in [0.3, 0.4) is 0 Å². The zero-order valence-electron chi connectivity index (χ0n) is 20.8. The highest BCUT2D eigenvalue weighted by atomic mass is 32.2. The van der Waals surface area contributed by atoms with Crippen LogP contribution >= 0.6 is 11.8 Å². The fourth-order valence-electron chi connectivity index (χ4n) is 4.22. The molecule has 184 valence electrons. The molecule has 3 N–H and O–H groups in total. The number of aliphatic hydroxyl groups is 1. The molecule has 2 aromatic carbocycles. The maximum Gasteiger partial charge on any atom is 0.224 e. The van der Waals surface area contributed by atoms with Crippen molar-refractivity contribution in [2.45, 2.75) is 63.2 Å². The van der Waals surface area contributed by atoms with Crippen molar-refractivity contribution in [1.29, 1.82) is 0 Å². The van der Waals surface area contributed by atoms with Gasteiger partial charge in [0.05, 0.1) is 10.7 Å². The van der Waals surface area contributed by atoms with Crippen molar-refractivity contribution in [2.24, 2.45) is 0 Å². The van der Waals surface area contributed by atoms with Gasteiger partial charge in [0.2, 0.25) is 5.95 Å². The number of aliphatic hydroxyl groups excluding tert-OH is 1. The summed E-state index contributed by atoms with van der Waals surface area (Å²) in [6, 6.07) is 19.4. The van der Waals surface area contributed by atoms with Crippen molar-refractivity contribution in [3.8, 4) is 0 Å². The standard InChI is InChI=1S/C29H36N4OS/c1-3-22-13-14-25-21(2)12-15-28(35-26(25)19-22)32-27-20-24(18-23-10-6-4-7-11-23)31-29(33-27)30-16-8-5-9-17-34/h4,6-7,10-11,13-15,19-21,34H,3,5,8-9,12,16-18H2,1-2H3,(H2,30,31,32,33). The Morgan fingerprint density at radius 3 is 2.66 bits per heavy atom. The monoisotopic (exact) mass is 488 g/mol. The summed E-state index contributed by atoms with van der Waals surface area (Å²) < 4.78 is 0. The smallest absolute Gasteiger partial charge is 0.224 e. The largest absolute Gasteiger partial charge is 0.396 e. The molecule has 0 saturated heterocycles. The normalized spacial score (nSPS) is 15.2. The van der Waals surface area contributed by atoms with Crippen LogP contribution < -0.4 is 10.6 Å². The van der Waals surface area contributed by atoms with Crippen molar-refractivity contribution >= 4 is 23.5 Å². The number of aromatic nitrogens is 2. The molecular weight excluding hydrogens is 452 g/mol. The lowest BCUT2D eigenvalue weighted by atomic mass is 9.96. The highest BCUT2D eigenvalue weighted by Gasteiger charge is 2.18. The van der Waals surface area contributed by atoms with E-state index in [1.807, 2.05) is 6.07 Å². The number of allylic oxidation sites excluding steroid dienone is 1. The van der Waals surface area contributed by atoms with Gasteiger partial charge >= 0.3 is 0 Å². The number of unbranched alkanes of at least 4 members (excludes halogenated alkanes) is 2. The molecule has 0 spiro atoms. The molecule has 35 heavy (non-hydrogen) atoms. The van der Waals surface area contributed by atoms with Gasteiger partial charge in [0.1, 0.15) is 5.82 Å². The van der Waals surface area contributed by atoms with Crippen molar-refractivity contribution in [3.63, 3.8) is 0 Å². The summed E-state index contributed by atoms with van der Waals surface area (Å²) in [5.74, 6) is 1.94. The molecule has 6 heteroatoms. The Labute approximate surface area is 213 Å². The number of benzene rings is 2. The lowest BCUT2D eigenvalue weighted by Crippen LogP contribution is -2.10. The fraction of sp³-hybridized carbons (Fsp3) is 0.379. The third-order valence-electron chi connectivity index (χ3n) is 6.27. The third kappa shape index (κ3) is 7.33. The van der Waals surface area contributed by atoms with E-state index >= 15 is 0 Å². The zero-order chi connectivity index (χ0) is 24.5. The van der Waals surface area contributed by atoms with Crippen LogP contribution in [0, 0.1) is 0 Å². The molecule has 1 aliphatic heterocycles. The fourth-order valence-corrected chi connectivity index (χ4v) is 5.39. The molecule has 0 radical (unpaired) electrons. The molecule has 5 nitrogen and oxygen atoms in total. The van der Waals surface area contributed by atoms with Gasteiger partial charge in [-0.1, -0.05) is 74.1 Å². The second-order valence-corrected chi connectivity index (χ2v) is 10.2. The summed E-state index contributed by atoms with van der Waals surface area (Å²) in [5, 5.41) is 17.1. The van der Waals surface area contributed by atoms with Crippen LogP contribution in [0.5, 0.6) is 0 Å². The Hall–Kier alpha value is -2.83. The first-order chi connectivity index (χ1) is 17.1. The first-order valence-electron chi connectivity index (χ1n) is 12.7. The van der Waals surface area contributed by atoms with Gasteiger partial charge in [-0.15, -0.1) is 0 Å². The minimum Gasteiger partial charge on any atom is -0.396 e. The van der Waals surface area contributed by atoms with Gasteiger partial charge in [-0.2, -0.15) is 4.98 Å². The van der Waals surface area contributed by atoms with Gasteiger partial charge in [-0.3, -0.25) is 0 Å². The Kier molecular flexibility index (Phi) is 9.21. The van der Waals surface area contributed by atoms with Gasteiger partial charge in [0.15, 0.2) is 0 Å². The molecule has 3 aromatic rings. The number of nitrogens with one attached hydrogen (secondary N) is 2. The average Bonchev–Trinajstić information content (AvgIpc) is 3.02. The highest BCUT2D eigenvalue weighted by Crippen LogP contribution is 2.39. The number of hydrogen-bond acceptors (Lipinski definition) is 6. The van der Waals surface area contributed by atoms with E-state index in [2.05, 4.69) is 79.1 Å². The van der Waals surface area contributed by atoms with E-state index in [1.54, 1.807) is 11.8 Å². The molecule has 1 unspecified atom stereocenters. The first kappa shape index (κ1) is 25.3. The van der Waals surface area contributed by atoms with Crippen LogP contribution in [0.1, 0.15) is 67.8 Å². The highest BCUT2D eigenvalue weighted by molar-refractivity contribution is 8.03. The van der Waals surface area contributed by atoms with Crippen molar-refractivity contribution < 1.29 is 5.11 Å². The van der Waals surface area contributed by atoms with Gasteiger partial charge in [0.25, 0.3) is 0 Å². The predicted molar refractivity (Wildman–Crippen MR) is 147 cm³/mol. The van der Waals surface area contributed by atoms with Crippen LogP contribution in [0.4, 0.5) is 11.8 Å². The lowest BCUT2D eigenvalue weighted by molar-refractivity contribution is 0.283. The summed E-state index contributed by atoms with van der Waals surface area (Å²) in [4.78, 5) is 10.9. The van der Waals surface area contributed by atoms with Gasteiger partial charge in [-0.05, 0) is 60.8 Å². The van der Waals surface area contributed by atoms with Crippen molar-refractivity contribution in [3.05, 3.63) is 88.1 Å². The molecule has 0 amide bonds. The van der Waals surface area contributed by atoms with E-state index in [-0.39, 0.29) is 6.61 Å². The minimum atomic E-state index is 0.241. The zero-order valence-corrected chi connectivity index (χ0v) is 21.6. The van der Waals surface area contributed by atoms with Crippen LogP contribution in [-0.4, -0.2) is 28.2 Å². The van der Waals surface area contributed by atoms with Gasteiger partial charge in [0, 0.05) is 30.5 Å². The maximum absolute atomic E-state index is 9.02. The maximum atomic E-state index is 9.02. The van der Waals surface area contributed by atoms with Crippen molar-refractivity contribution in [2.75, 3.05) is 23.8 Å². The van der Waals surface area contributed by atoms with Crippen LogP contribution in [0.2, 0.25) is 0 Å². The molecule has 4 rings (SSSR count). The number of hydrogen-bond donors (Lipinski definition) is 3. The van der Waals surface area contributed by atoms with Crippen LogP contribution in [-0.2, 0) is 12.8 Å². The average molecular weight is 489 g/mol. The minimum absolute atomic E-state index is 0.241. The number of thioether (sulfide) groups is 1. The summed E-state index contributed by atoms with van der Waals surface area (Å²) >= 11 is 1.79. The molecule has 1 aliphatic rings. The molecule has 1 aromatic heterocycles. The predicted octanol–water partition coefficient (Wildman–Crippen LogP) is 6.76. The van der Waals surface area contributed by atoms with E-state index < -0.39 is 0 Å². The van der Waals surface area contributed by atoms with Gasteiger partial charge < -0.3 is 15.7 Å². The number of nitrogens with zero attached hydrogens (tertiary/aromatic N) is 2. The second kappa shape index (κ2) is 12.8. The van der Waals surface area contributed by atoms with Gasteiger partial charge in [-0.25, -0.2) is 4.98 Å². The second-order valence-electron chi connectivity index (χ2n) is 9.10. The first-order valence-corrected chi connectivity index (χ1v) is 13.5. The van der Waals surface area contributed by atoms with Crippen molar-refractivity contribution in [1.82, 2.24) is 9.97 Å². The Morgan fingerprint density at radius 1 is 1.00 bits per heavy atom. The molecular formula is C29H36N4OS. The van der Waals surface area contributed by atoms with Crippen LogP contribution in [0.15, 0.2) is 70.6 Å². The molecule has 2 heterocycles. The summed E-state index contributed by atoms with van der Waals surface area (Å²) in [6.45, 7) is 5.53. The molecule has 1 atom stereocenters. The SMILES string of the molecule is CCc1ccc2c(c1)SC(Nc1cc(Cc3ccccc3)nc(NCCCCCO)n1)=CCC2C. The summed E-state index contributed by atoms with van der Waals surface area (Å²) in [5.41, 5.74) is 4.99. The third-order valence-corrected chi connectivity index (χ3v) is 7.33. The Morgan fingerprint density at radius 2 is 1.86 bits per heavy atom. The molecule has 0 fully saturated rings. The van der Waals surface area contributed by atoms with E-state index in [4.69, 9.17) is 15.1 Å². The molecule has 0 bridgehead atoms. The van der Waals surface area contributed by atoms with E-state index in [0.717, 1.165) is 61.6 Å². The Balaban J connectivity index is 1.54.